The van der Waals surface area contributed by atoms with E-state index in [1.807, 2.05) is 0 Å². The van der Waals surface area contributed by atoms with Gasteiger partial charge in [0.15, 0.2) is 0 Å². The predicted octanol–water partition coefficient (Wildman–Crippen LogP) is 4.05. The Labute approximate surface area is 119 Å². The quantitative estimate of drug-likeness (QED) is 0.375. The Balaban J connectivity index is 4.00. The minimum atomic E-state index is -2.05. The molecule has 0 amide bonds. The average molecular weight is 291 g/mol. The number of hydrogen-bond acceptors (Lipinski definition) is 3. The molecule has 0 unspecified atom stereocenters. The SMILES string of the molecule is CCCCCCP(=O)(CCCCCC)CNCCO. The Kier molecular flexibility index (Phi) is 13.3. The Bertz CT molecular complexity index is 218. The van der Waals surface area contributed by atoms with Crippen molar-refractivity contribution in [3.8, 4) is 0 Å². The van der Waals surface area contributed by atoms with Crippen molar-refractivity contribution in [1.82, 2.24) is 5.32 Å². The van der Waals surface area contributed by atoms with E-state index in [0.717, 1.165) is 25.2 Å². The van der Waals surface area contributed by atoms with Gasteiger partial charge in [-0.25, -0.2) is 0 Å². The molecule has 0 saturated carbocycles. The molecule has 0 aliphatic carbocycles. The van der Waals surface area contributed by atoms with E-state index in [-0.39, 0.29) is 6.61 Å². The molecule has 0 bridgehead atoms. The molecule has 0 aromatic rings. The monoisotopic (exact) mass is 291 g/mol. The smallest absolute Gasteiger partial charge is 0.101 e. The number of unbranched alkanes of at least 4 members (excludes halogenated alkanes) is 6. The number of aliphatic hydroxyl groups excluding tert-OH is 1. The van der Waals surface area contributed by atoms with Gasteiger partial charge >= 0.3 is 0 Å². The molecule has 0 saturated heterocycles. The van der Waals surface area contributed by atoms with Gasteiger partial charge in [-0.2, -0.15) is 0 Å². The van der Waals surface area contributed by atoms with Crippen LogP contribution < -0.4 is 5.32 Å². The van der Waals surface area contributed by atoms with Crippen LogP contribution in [-0.4, -0.2) is 36.9 Å². The molecule has 2 N–H and O–H groups in total. The van der Waals surface area contributed by atoms with E-state index >= 15 is 0 Å². The maximum atomic E-state index is 12.9. The summed E-state index contributed by atoms with van der Waals surface area (Å²) in [6.07, 6.45) is 11.9. The van der Waals surface area contributed by atoms with E-state index in [0.29, 0.717) is 12.8 Å². The third kappa shape index (κ3) is 11.7. The summed E-state index contributed by atoms with van der Waals surface area (Å²) in [5.41, 5.74) is 0. The maximum Gasteiger partial charge on any atom is 0.101 e. The highest BCUT2D eigenvalue weighted by atomic mass is 31.2. The average Bonchev–Trinajstić information content (AvgIpc) is 2.41. The maximum absolute atomic E-state index is 12.9. The second kappa shape index (κ2) is 13.1. The first-order chi connectivity index (χ1) is 9.18. The Morgan fingerprint density at radius 2 is 1.42 bits per heavy atom. The van der Waals surface area contributed by atoms with E-state index in [1.54, 1.807) is 0 Å². The number of rotatable bonds is 14. The molecule has 0 rings (SSSR count). The van der Waals surface area contributed by atoms with E-state index < -0.39 is 7.14 Å². The van der Waals surface area contributed by atoms with Crippen molar-refractivity contribution >= 4 is 7.14 Å². The predicted molar refractivity (Wildman–Crippen MR) is 85.6 cm³/mol. The van der Waals surface area contributed by atoms with Crippen LogP contribution in [-0.2, 0) is 4.57 Å². The van der Waals surface area contributed by atoms with Gasteiger partial charge in [-0.3, -0.25) is 0 Å². The molecule has 0 spiro atoms. The summed E-state index contributed by atoms with van der Waals surface area (Å²) in [6, 6.07) is 0. The molecule has 0 heterocycles. The van der Waals surface area contributed by atoms with E-state index in [4.69, 9.17) is 5.11 Å². The highest BCUT2D eigenvalue weighted by Gasteiger charge is 2.20. The second-order valence-corrected chi connectivity index (χ2v) is 8.84. The fraction of sp³-hybridized carbons (Fsp3) is 1.00. The topological polar surface area (TPSA) is 49.3 Å². The molecule has 0 atom stereocenters. The van der Waals surface area contributed by atoms with E-state index in [2.05, 4.69) is 19.2 Å². The molecular weight excluding hydrogens is 257 g/mol. The van der Waals surface area contributed by atoms with Crippen molar-refractivity contribution < 1.29 is 9.67 Å². The number of hydrogen-bond donors (Lipinski definition) is 2. The minimum Gasteiger partial charge on any atom is -0.395 e. The second-order valence-electron chi connectivity index (χ2n) is 5.51. The third-order valence-corrected chi connectivity index (χ3v) is 6.59. The van der Waals surface area contributed by atoms with Crippen LogP contribution in [0.5, 0.6) is 0 Å². The van der Waals surface area contributed by atoms with Gasteiger partial charge in [-0.1, -0.05) is 52.4 Å². The number of aliphatic hydroxyl groups is 1. The van der Waals surface area contributed by atoms with Crippen LogP contribution in [0, 0.1) is 0 Å². The van der Waals surface area contributed by atoms with Gasteiger partial charge in [0.1, 0.15) is 7.14 Å². The zero-order valence-electron chi connectivity index (χ0n) is 13.0. The van der Waals surface area contributed by atoms with Crippen molar-refractivity contribution in [3.05, 3.63) is 0 Å². The zero-order chi connectivity index (χ0) is 14.4. The molecule has 0 aromatic carbocycles. The van der Waals surface area contributed by atoms with Crippen molar-refractivity contribution in [3.63, 3.8) is 0 Å². The lowest BCUT2D eigenvalue weighted by Gasteiger charge is -2.19. The molecule has 0 aliphatic rings. The highest BCUT2D eigenvalue weighted by molar-refractivity contribution is 7.63. The normalized spacial score (nSPS) is 11.9. The van der Waals surface area contributed by atoms with Crippen LogP contribution >= 0.6 is 7.14 Å². The van der Waals surface area contributed by atoms with Gasteiger partial charge in [0.2, 0.25) is 0 Å². The van der Waals surface area contributed by atoms with Crippen molar-refractivity contribution in [2.24, 2.45) is 0 Å². The lowest BCUT2D eigenvalue weighted by molar-refractivity contribution is 0.295. The fourth-order valence-electron chi connectivity index (χ4n) is 2.29. The summed E-state index contributed by atoms with van der Waals surface area (Å²) >= 11 is 0. The van der Waals surface area contributed by atoms with Crippen LogP contribution in [0.3, 0.4) is 0 Å². The van der Waals surface area contributed by atoms with E-state index in [1.165, 1.54) is 38.5 Å². The van der Waals surface area contributed by atoms with Gasteiger partial charge in [-0.15, -0.1) is 0 Å². The van der Waals surface area contributed by atoms with Crippen LogP contribution in [0.4, 0.5) is 0 Å². The van der Waals surface area contributed by atoms with Crippen molar-refractivity contribution in [1.29, 1.82) is 0 Å². The molecule has 4 heteroatoms. The summed E-state index contributed by atoms with van der Waals surface area (Å²) in [6.45, 7) is 5.10. The summed E-state index contributed by atoms with van der Waals surface area (Å²) in [5, 5.41) is 11.9. The fourth-order valence-corrected chi connectivity index (χ4v) is 4.99. The summed E-state index contributed by atoms with van der Waals surface area (Å²) in [7, 11) is -2.05. The van der Waals surface area contributed by atoms with Crippen molar-refractivity contribution in [2.75, 3.05) is 31.8 Å². The molecule has 3 nitrogen and oxygen atoms in total. The summed E-state index contributed by atoms with van der Waals surface area (Å²) < 4.78 is 12.9. The zero-order valence-corrected chi connectivity index (χ0v) is 13.9. The molecule has 19 heavy (non-hydrogen) atoms. The summed E-state index contributed by atoms with van der Waals surface area (Å²) in [5.74, 6) is 0. The molecule has 0 radical (unpaired) electrons. The first-order valence-electron chi connectivity index (χ1n) is 8.07. The molecule has 0 aromatic heterocycles. The van der Waals surface area contributed by atoms with Crippen LogP contribution in [0.25, 0.3) is 0 Å². The first-order valence-corrected chi connectivity index (χ1v) is 10.3. The summed E-state index contributed by atoms with van der Waals surface area (Å²) in [4.78, 5) is 0. The molecule has 0 aliphatic heterocycles. The lowest BCUT2D eigenvalue weighted by Crippen LogP contribution is -2.21. The Morgan fingerprint density at radius 3 is 1.84 bits per heavy atom. The van der Waals surface area contributed by atoms with Crippen molar-refractivity contribution in [2.45, 2.75) is 65.2 Å². The van der Waals surface area contributed by atoms with E-state index in [9.17, 15) is 4.57 Å². The first kappa shape index (κ1) is 19.1. The van der Waals surface area contributed by atoms with Crippen LogP contribution in [0.1, 0.15) is 65.2 Å². The van der Waals surface area contributed by atoms with Gasteiger partial charge < -0.3 is 15.0 Å². The third-order valence-electron chi connectivity index (χ3n) is 3.53. The minimum absolute atomic E-state index is 0.131. The van der Waals surface area contributed by atoms with Crippen LogP contribution in [0.15, 0.2) is 0 Å². The lowest BCUT2D eigenvalue weighted by atomic mass is 10.2. The van der Waals surface area contributed by atoms with Gasteiger partial charge in [0, 0.05) is 25.2 Å². The largest absolute Gasteiger partial charge is 0.395 e. The van der Waals surface area contributed by atoms with Gasteiger partial charge in [0.05, 0.1) is 6.61 Å². The Hall–Kier alpha value is 0.150. The Morgan fingerprint density at radius 1 is 0.895 bits per heavy atom. The van der Waals surface area contributed by atoms with Gasteiger partial charge in [-0.05, 0) is 12.8 Å². The molecule has 0 fully saturated rings. The van der Waals surface area contributed by atoms with Crippen LogP contribution in [0.2, 0.25) is 0 Å². The standard InChI is InChI=1S/C15H34NO2P/c1-3-5-7-9-13-19(18,15-16-11-12-17)14-10-8-6-4-2/h16-17H,3-15H2,1-2H3. The molecule has 116 valence electrons. The molecular formula is C15H34NO2P. The number of nitrogens with one attached hydrogen (secondary N) is 1. The van der Waals surface area contributed by atoms with Gasteiger partial charge in [0.25, 0.3) is 0 Å². The highest BCUT2D eigenvalue weighted by Crippen LogP contribution is 2.46.